The first kappa shape index (κ1) is 6.29. The third kappa shape index (κ3) is 1.10. The maximum atomic E-state index is 10.8. The van der Waals surface area contributed by atoms with E-state index in [0.29, 0.717) is 0 Å². The molecule has 0 amide bonds. The van der Waals surface area contributed by atoms with Crippen molar-refractivity contribution in [1.29, 1.82) is 0 Å². The molecule has 4 heteroatoms. The first-order chi connectivity index (χ1) is 4.22. The van der Waals surface area contributed by atoms with Crippen LogP contribution in [-0.2, 0) is 7.05 Å². The minimum absolute atomic E-state index is 0.153. The second-order valence-corrected chi connectivity index (χ2v) is 2.06. The number of nitrogens with zero attached hydrogens (tertiary/aromatic N) is 2. The maximum Gasteiger partial charge on any atom is 0.271 e. The van der Waals surface area contributed by atoms with Gasteiger partial charge in [0.25, 0.3) is 5.56 Å². The molecular weight excluding hydrogens is 140 g/mol. The molecule has 0 aliphatic heterocycles. The molecule has 0 N–H and O–H groups in total. The largest absolute Gasteiger partial charge is 0.301 e. The van der Waals surface area contributed by atoms with Crippen LogP contribution in [0.1, 0.15) is 0 Å². The molecule has 0 radical (unpaired) electrons. The van der Waals surface area contributed by atoms with E-state index in [9.17, 15) is 4.79 Å². The summed E-state index contributed by atoms with van der Waals surface area (Å²) in [7, 11) is 1.60. The lowest BCUT2D eigenvalue weighted by Crippen LogP contribution is -2.16. The zero-order valence-corrected chi connectivity index (χ0v) is 5.59. The Hall–Kier alpha value is -0.830. The van der Waals surface area contributed by atoms with E-state index < -0.39 is 0 Å². The molecule has 0 spiro atoms. The van der Waals surface area contributed by atoms with Crippen molar-refractivity contribution in [3.8, 4) is 0 Å². The summed E-state index contributed by atoms with van der Waals surface area (Å²) in [5.41, 5.74) is -0.216. The summed E-state index contributed by atoms with van der Waals surface area (Å²) < 4.78 is 1.32. The molecule has 0 aliphatic rings. The smallest absolute Gasteiger partial charge is 0.271 e. The van der Waals surface area contributed by atoms with E-state index in [-0.39, 0.29) is 10.6 Å². The van der Waals surface area contributed by atoms with Gasteiger partial charge in [-0.1, -0.05) is 11.6 Å². The van der Waals surface area contributed by atoms with Crippen molar-refractivity contribution in [2.24, 2.45) is 7.05 Å². The zero-order chi connectivity index (χ0) is 6.85. The summed E-state index contributed by atoms with van der Waals surface area (Å²) in [6.07, 6.45) is 2.73. The minimum atomic E-state index is -0.216. The molecule has 0 bridgehead atoms. The SMILES string of the molecule is Cn1cncc(Cl)c1=O. The highest BCUT2D eigenvalue weighted by Gasteiger charge is 1.93. The summed E-state index contributed by atoms with van der Waals surface area (Å²) in [5, 5.41) is 0.153. The average Bonchev–Trinajstić information content (AvgIpc) is 1.83. The molecule has 0 atom stereocenters. The summed E-state index contributed by atoms with van der Waals surface area (Å²) in [6.45, 7) is 0. The number of aryl methyl sites for hydroxylation is 1. The van der Waals surface area contributed by atoms with Gasteiger partial charge in [-0.15, -0.1) is 0 Å². The Bertz CT molecular complexity index is 245. The highest BCUT2D eigenvalue weighted by atomic mass is 35.5. The standard InChI is InChI=1S/C5H5ClN2O/c1-8-3-7-2-4(6)5(8)9/h2-3H,1H3. The maximum absolute atomic E-state index is 10.8. The lowest BCUT2D eigenvalue weighted by atomic mass is 10.6. The van der Waals surface area contributed by atoms with Crippen LogP contribution in [0.5, 0.6) is 0 Å². The molecule has 9 heavy (non-hydrogen) atoms. The summed E-state index contributed by atoms with van der Waals surface area (Å²) in [5.74, 6) is 0. The van der Waals surface area contributed by atoms with Gasteiger partial charge in [-0.25, -0.2) is 4.98 Å². The fourth-order valence-corrected chi connectivity index (χ4v) is 0.665. The van der Waals surface area contributed by atoms with Crippen LogP contribution in [-0.4, -0.2) is 9.55 Å². The van der Waals surface area contributed by atoms with Crippen LogP contribution in [0.25, 0.3) is 0 Å². The summed E-state index contributed by atoms with van der Waals surface area (Å²) in [6, 6.07) is 0. The van der Waals surface area contributed by atoms with Crippen LogP contribution >= 0.6 is 11.6 Å². The topological polar surface area (TPSA) is 34.9 Å². The van der Waals surface area contributed by atoms with Gasteiger partial charge in [0, 0.05) is 7.05 Å². The Morgan fingerprint density at radius 3 is 2.89 bits per heavy atom. The number of aromatic nitrogens is 2. The van der Waals surface area contributed by atoms with Crippen LogP contribution in [0.15, 0.2) is 17.3 Å². The van der Waals surface area contributed by atoms with E-state index >= 15 is 0 Å². The van der Waals surface area contributed by atoms with E-state index in [1.807, 2.05) is 0 Å². The third-order valence-electron chi connectivity index (χ3n) is 0.952. The van der Waals surface area contributed by atoms with E-state index in [0.717, 1.165) is 0 Å². The molecule has 48 valence electrons. The predicted octanol–water partition coefficient (Wildman–Crippen LogP) is 0.434. The second kappa shape index (κ2) is 2.19. The van der Waals surface area contributed by atoms with Crippen molar-refractivity contribution in [2.75, 3.05) is 0 Å². The van der Waals surface area contributed by atoms with Gasteiger partial charge in [0.15, 0.2) is 0 Å². The molecule has 1 aromatic heterocycles. The quantitative estimate of drug-likeness (QED) is 0.530. The van der Waals surface area contributed by atoms with Crippen LogP contribution in [0.2, 0.25) is 5.02 Å². The second-order valence-electron chi connectivity index (χ2n) is 1.66. The van der Waals surface area contributed by atoms with Gasteiger partial charge in [-0.05, 0) is 0 Å². The van der Waals surface area contributed by atoms with Gasteiger partial charge < -0.3 is 4.57 Å². The zero-order valence-electron chi connectivity index (χ0n) is 4.84. The molecule has 0 fully saturated rings. The Kier molecular flexibility index (Phi) is 1.53. The number of hydrogen-bond donors (Lipinski definition) is 0. The fourth-order valence-electron chi connectivity index (χ4n) is 0.475. The monoisotopic (exact) mass is 144 g/mol. The van der Waals surface area contributed by atoms with Crippen molar-refractivity contribution in [3.05, 3.63) is 27.9 Å². The van der Waals surface area contributed by atoms with Crippen LogP contribution < -0.4 is 5.56 Å². The molecule has 0 saturated heterocycles. The summed E-state index contributed by atoms with van der Waals surface area (Å²) >= 11 is 5.42. The Morgan fingerprint density at radius 1 is 1.78 bits per heavy atom. The first-order valence-corrected chi connectivity index (χ1v) is 2.76. The van der Waals surface area contributed by atoms with Crippen LogP contribution in [0, 0.1) is 0 Å². The van der Waals surface area contributed by atoms with Gasteiger partial charge in [-0.3, -0.25) is 4.79 Å². The molecule has 0 aliphatic carbocycles. The van der Waals surface area contributed by atoms with Crippen molar-refractivity contribution < 1.29 is 0 Å². The van der Waals surface area contributed by atoms with E-state index in [2.05, 4.69) is 4.98 Å². The lowest BCUT2D eigenvalue weighted by Gasteiger charge is -1.92. The van der Waals surface area contributed by atoms with Crippen molar-refractivity contribution in [2.45, 2.75) is 0 Å². The fraction of sp³-hybridized carbons (Fsp3) is 0.200. The molecule has 0 saturated carbocycles. The molecule has 0 unspecified atom stereocenters. The van der Waals surface area contributed by atoms with Crippen molar-refractivity contribution in [3.63, 3.8) is 0 Å². The van der Waals surface area contributed by atoms with E-state index in [4.69, 9.17) is 11.6 Å². The minimum Gasteiger partial charge on any atom is -0.301 e. The van der Waals surface area contributed by atoms with Gasteiger partial charge in [0.2, 0.25) is 0 Å². The van der Waals surface area contributed by atoms with Gasteiger partial charge in [0.1, 0.15) is 5.02 Å². The third-order valence-corrected chi connectivity index (χ3v) is 1.21. The molecular formula is C5H5ClN2O. The predicted molar refractivity (Wildman–Crippen MR) is 34.5 cm³/mol. The highest BCUT2D eigenvalue weighted by molar-refractivity contribution is 6.30. The molecule has 1 aromatic rings. The van der Waals surface area contributed by atoms with Crippen LogP contribution in [0.4, 0.5) is 0 Å². The van der Waals surface area contributed by atoms with Gasteiger partial charge in [-0.2, -0.15) is 0 Å². The molecule has 0 aromatic carbocycles. The summed E-state index contributed by atoms with van der Waals surface area (Å²) in [4.78, 5) is 14.4. The van der Waals surface area contributed by atoms with Gasteiger partial charge in [0.05, 0.1) is 12.5 Å². The number of halogens is 1. The highest BCUT2D eigenvalue weighted by Crippen LogP contribution is 1.93. The number of rotatable bonds is 0. The molecule has 3 nitrogen and oxygen atoms in total. The Labute approximate surface area is 56.9 Å². The van der Waals surface area contributed by atoms with Crippen molar-refractivity contribution in [1.82, 2.24) is 9.55 Å². The van der Waals surface area contributed by atoms with Crippen LogP contribution in [0.3, 0.4) is 0 Å². The Morgan fingerprint density at radius 2 is 2.44 bits per heavy atom. The van der Waals surface area contributed by atoms with Gasteiger partial charge >= 0.3 is 0 Å². The van der Waals surface area contributed by atoms with Crippen molar-refractivity contribution >= 4 is 11.6 Å². The average molecular weight is 145 g/mol. The van der Waals surface area contributed by atoms with E-state index in [1.54, 1.807) is 7.05 Å². The Balaban J connectivity index is 3.43. The normalized spacial score (nSPS) is 9.56. The molecule has 1 heterocycles. The first-order valence-electron chi connectivity index (χ1n) is 2.38. The lowest BCUT2D eigenvalue weighted by molar-refractivity contribution is 0.824. The molecule has 1 rings (SSSR count). The van der Waals surface area contributed by atoms with E-state index in [1.165, 1.54) is 17.1 Å². The number of hydrogen-bond acceptors (Lipinski definition) is 2.